The summed E-state index contributed by atoms with van der Waals surface area (Å²) in [7, 11) is 0. The third kappa shape index (κ3) is 5.22. The van der Waals surface area contributed by atoms with Gasteiger partial charge in [-0.2, -0.15) is 0 Å². The minimum atomic E-state index is -1.36. The van der Waals surface area contributed by atoms with E-state index in [4.69, 9.17) is 4.74 Å². The average Bonchev–Trinajstić information content (AvgIpc) is 3.04. The highest BCUT2D eigenvalue weighted by atomic mass is 16.5. The van der Waals surface area contributed by atoms with E-state index in [1.54, 1.807) is 0 Å². The summed E-state index contributed by atoms with van der Waals surface area (Å²) in [5, 5.41) is 30.0. The summed E-state index contributed by atoms with van der Waals surface area (Å²) >= 11 is 0. The summed E-state index contributed by atoms with van der Waals surface area (Å²) in [6, 6.07) is 0. The van der Waals surface area contributed by atoms with Crippen LogP contribution in [0.1, 0.15) is 72.6 Å². The van der Waals surface area contributed by atoms with Crippen molar-refractivity contribution in [3.8, 4) is 0 Å². The minimum Gasteiger partial charge on any atom is -0.393 e. The van der Waals surface area contributed by atoms with E-state index >= 15 is 0 Å². The predicted molar refractivity (Wildman–Crippen MR) is 121 cm³/mol. The van der Waals surface area contributed by atoms with Gasteiger partial charge in [-0.15, -0.1) is 0 Å². The van der Waals surface area contributed by atoms with E-state index < -0.39 is 17.8 Å². The third-order valence-electron chi connectivity index (χ3n) is 8.03. The van der Waals surface area contributed by atoms with Crippen LogP contribution in [-0.4, -0.2) is 51.6 Å². The second-order valence-electron chi connectivity index (χ2n) is 10.7. The van der Waals surface area contributed by atoms with Crippen LogP contribution in [0, 0.1) is 17.3 Å². The number of hydrogen-bond donors (Lipinski definition) is 3. The molecule has 0 spiro atoms. The molecule has 6 atom stereocenters. The Labute approximate surface area is 186 Å². The minimum absolute atomic E-state index is 0.0394. The van der Waals surface area contributed by atoms with Crippen LogP contribution in [0.3, 0.4) is 0 Å². The second-order valence-corrected chi connectivity index (χ2v) is 10.7. The van der Waals surface area contributed by atoms with Crippen LogP contribution in [-0.2, 0) is 9.53 Å². The third-order valence-corrected chi connectivity index (χ3v) is 8.03. The molecule has 0 aromatic heterocycles. The van der Waals surface area contributed by atoms with Gasteiger partial charge in [0.1, 0.15) is 12.2 Å². The van der Waals surface area contributed by atoms with Crippen molar-refractivity contribution in [2.24, 2.45) is 17.3 Å². The van der Waals surface area contributed by atoms with Gasteiger partial charge in [0.05, 0.1) is 18.3 Å². The lowest BCUT2D eigenvalue weighted by molar-refractivity contribution is -0.142. The van der Waals surface area contributed by atoms with E-state index in [2.05, 4.69) is 32.6 Å². The van der Waals surface area contributed by atoms with E-state index in [1.807, 2.05) is 0 Å². The molecule has 0 saturated heterocycles. The first-order chi connectivity index (χ1) is 14.4. The molecule has 0 aliphatic heterocycles. The number of carbonyl (C=O) groups is 1. The maximum atomic E-state index is 12.1. The van der Waals surface area contributed by atoms with Crippen LogP contribution in [0.5, 0.6) is 0 Å². The van der Waals surface area contributed by atoms with Crippen molar-refractivity contribution < 1.29 is 24.9 Å². The number of ether oxygens (including phenoxy) is 1. The monoisotopic (exact) mass is 432 g/mol. The molecule has 174 valence electrons. The fraction of sp³-hybridized carbons (Fsp3) is 0.731. The van der Waals surface area contributed by atoms with Gasteiger partial charge in [-0.1, -0.05) is 31.2 Å². The maximum absolute atomic E-state index is 12.1. The average molecular weight is 433 g/mol. The van der Waals surface area contributed by atoms with Gasteiger partial charge in [-0.25, -0.2) is 0 Å². The lowest BCUT2D eigenvalue weighted by Gasteiger charge is -2.44. The maximum Gasteiger partial charge on any atom is 0.189 e. The van der Waals surface area contributed by atoms with Crippen LogP contribution >= 0.6 is 0 Å². The first kappa shape index (κ1) is 24.4. The Morgan fingerprint density at radius 2 is 2.03 bits per heavy atom. The molecule has 3 aliphatic carbocycles. The van der Waals surface area contributed by atoms with Crippen LogP contribution in [0.15, 0.2) is 35.5 Å². The second kappa shape index (κ2) is 9.30. The molecule has 0 heterocycles. The first-order valence-corrected chi connectivity index (χ1v) is 11.8. The van der Waals surface area contributed by atoms with Crippen molar-refractivity contribution in [1.29, 1.82) is 0 Å². The number of fused-ring (bicyclic) bond motifs is 1. The Morgan fingerprint density at radius 1 is 1.32 bits per heavy atom. The molecule has 3 aliphatic rings. The molecule has 0 amide bonds. The molecule has 31 heavy (non-hydrogen) atoms. The number of aliphatic hydroxyl groups is 3. The molecule has 0 aromatic rings. The van der Waals surface area contributed by atoms with Crippen LogP contribution < -0.4 is 0 Å². The summed E-state index contributed by atoms with van der Waals surface area (Å²) in [5.74, 6) is 0.564. The summed E-state index contributed by atoms with van der Waals surface area (Å²) in [5.41, 5.74) is 1.87. The summed E-state index contributed by atoms with van der Waals surface area (Å²) in [6.07, 6.45) is 9.48. The molecular weight excluding hydrogens is 392 g/mol. The highest BCUT2D eigenvalue weighted by molar-refractivity contribution is 5.87. The van der Waals surface area contributed by atoms with E-state index in [0.29, 0.717) is 24.7 Å². The standard InChI is InChI=1S/C26H40O5/c1-16-19(13-20(27)14-23(16)28)9-8-18-7-6-12-26(5)21(10-11-22(18)26)17(2)31-15-24(29)25(3,4)30/h8-9,17,20-23,27-28,30H,1,6-7,10-15H2,2-5H3/b18-8+,19-9-/t17-,20+,21+,22-,23-,26+/m0/s1. The first-order valence-electron chi connectivity index (χ1n) is 11.8. The molecule has 3 rings (SSSR count). The van der Waals surface area contributed by atoms with Crippen LogP contribution in [0.4, 0.5) is 0 Å². The van der Waals surface area contributed by atoms with Crippen molar-refractivity contribution in [1.82, 2.24) is 0 Å². The van der Waals surface area contributed by atoms with Crippen molar-refractivity contribution in [2.45, 2.75) is 96.6 Å². The van der Waals surface area contributed by atoms with Gasteiger partial charge < -0.3 is 20.1 Å². The molecule has 0 radical (unpaired) electrons. The van der Waals surface area contributed by atoms with E-state index in [-0.39, 0.29) is 23.9 Å². The van der Waals surface area contributed by atoms with Gasteiger partial charge in [0, 0.05) is 6.42 Å². The van der Waals surface area contributed by atoms with Gasteiger partial charge in [0.15, 0.2) is 5.78 Å². The molecule has 0 bridgehead atoms. The zero-order valence-corrected chi connectivity index (χ0v) is 19.6. The fourth-order valence-electron chi connectivity index (χ4n) is 6.02. The molecule has 5 heteroatoms. The molecular formula is C26H40O5. The quantitative estimate of drug-likeness (QED) is 0.593. The van der Waals surface area contributed by atoms with Gasteiger partial charge in [0.2, 0.25) is 0 Å². The number of aliphatic hydroxyl groups excluding tert-OH is 2. The Balaban J connectivity index is 1.72. The molecule has 5 nitrogen and oxygen atoms in total. The number of allylic oxidation sites excluding steroid dienone is 3. The molecule has 3 saturated carbocycles. The van der Waals surface area contributed by atoms with Crippen molar-refractivity contribution >= 4 is 5.78 Å². The number of rotatable bonds is 6. The Hall–Kier alpha value is -1.27. The zero-order valence-electron chi connectivity index (χ0n) is 19.6. The lowest BCUT2D eigenvalue weighted by Crippen LogP contribution is -2.41. The largest absolute Gasteiger partial charge is 0.393 e. The van der Waals surface area contributed by atoms with Gasteiger partial charge in [-0.3, -0.25) is 4.79 Å². The zero-order chi connectivity index (χ0) is 23.0. The summed E-state index contributed by atoms with van der Waals surface area (Å²) < 4.78 is 5.95. The Kier molecular flexibility index (Phi) is 7.31. The molecule has 0 aromatic carbocycles. The van der Waals surface area contributed by atoms with E-state index in [0.717, 1.165) is 43.3 Å². The fourth-order valence-corrected chi connectivity index (χ4v) is 6.02. The number of carbonyl (C=O) groups excluding carboxylic acids is 1. The van der Waals surface area contributed by atoms with E-state index in [1.165, 1.54) is 19.4 Å². The Morgan fingerprint density at radius 3 is 2.71 bits per heavy atom. The van der Waals surface area contributed by atoms with Gasteiger partial charge in [-0.05, 0) is 87.7 Å². The van der Waals surface area contributed by atoms with Gasteiger partial charge in [0.25, 0.3) is 0 Å². The topological polar surface area (TPSA) is 87.0 Å². The predicted octanol–water partition coefficient (Wildman–Crippen LogP) is 3.87. The van der Waals surface area contributed by atoms with Gasteiger partial charge >= 0.3 is 0 Å². The smallest absolute Gasteiger partial charge is 0.189 e. The van der Waals surface area contributed by atoms with Crippen molar-refractivity contribution in [2.75, 3.05) is 6.61 Å². The van der Waals surface area contributed by atoms with Crippen LogP contribution in [0.25, 0.3) is 0 Å². The highest BCUT2D eigenvalue weighted by Crippen LogP contribution is 2.58. The summed E-state index contributed by atoms with van der Waals surface area (Å²) in [4.78, 5) is 12.1. The molecule has 0 unspecified atom stereocenters. The molecule has 3 N–H and O–H groups in total. The number of Topliss-reactive ketones (excluding diaryl/α,β-unsaturated/α-hetero) is 1. The van der Waals surface area contributed by atoms with E-state index in [9.17, 15) is 20.1 Å². The number of ketones is 1. The summed E-state index contributed by atoms with van der Waals surface area (Å²) in [6.45, 7) is 11.4. The van der Waals surface area contributed by atoms with Crippen molar-refractivity contribution in [3.05, 3.63) is 35.5 Å². The number of hydrogen-bond acceptors (Lipinski definition) is 5. The highest BCUT2D eigenvalue weighted by Gasteiger charge is 2.51. The van der Waals surface area contributed by atoms with Crippen molar-refractivity contribution in [3.63, 3.8) is 0 Å². The normalized spacial score (nSPS) is 37.8. The molecule has 3 fully saturated rings. The van der Waals surface area contributed by atoms with Crippen LogP contribution in [0.2, 0.25) is 0 Å². The SMILES string of the molecule is C=C1/C(=C\C=C2/CCC[C@]3(C)[C@@H]([C@H](C)OCC(=O)C(C)(C)O)CC[C@@H]23)C[C@@H](O)C[C@@H]1O. The Bertz CT molecular complexity index is 758. The lowest BCUT2D eigenvalue weighted by atomic mass is 9.62.